The molecule has 16 heavy (non-hydrogen) atoms. The summed E-state index contributed by atoms with van der Waals surface area (Å²) in [6.07, 6.45) is 0.878. The van der Waals surface area contributed by atoms with Gasteiger partial charge in [-0.05, 0) is 24.6 Å². The van der Waals surface area contributed by atoms with Gasteiger partial charge in [0.2, 0.25) is 0 Å². The van der Waals surface area contributed by atoms with E-state index >= 15 is 0 Å². The van der Waals surface area contributed by atoms with Crippen molar-refractivity contribution in [2.24, 2.45) is 0 Å². The maximum absolute atomic E-state index is 11.5. The van der Waals surface area contributed by atoms with Crippen molar-refractivity contribution in [1.29, 1.82) is 0 Å². The minimum absolute atomic E-state index is 0.0274. The molecule has 0 bridgehead atoms. The average Bonchev–Trinajstić information content (AvgIpc) is 2.79. The molecule has 0 saturated carbocycles. The highest BCUT2D eigenvalue weighted by atomic mass is 35.5. The van der Waals surface area contributed by atoms with Gasteiger partial charge in [0, 0.05) is 5.02 Å². The Kier molecular flexibility index (Phi) is 3.64. The van der Waals surface area contributed by atoms with E-state index in [2.05, 4.69) is 0 Å². The molecule has 1 aromatic rings. The minimum atomic E-state index is -0.169. The van der Waals surface area contributed by atoms with Gasteiger partial charge in [0.15, 0.2) is 6.61 Å². The van der Waals surface area contributed by atoms with Crippen molar-refractivity contribution in [3.05, 3.63) is 29.3 Å². The second-order valence-corrected chi connectivity index (χ2v) is 3.87. The van der Waals surface area contributed by atoms with Crippen LogP contribution in [0, 0.1) is 0 Å². The third-order valence-electron chi connectivity index (χ3n) is 2.19. The molecule has 2 rings (SSSR count). The molecule has 5 heteroatoms. The molecule has 1 heterocycles. The van der Waals surface area contributed by atoms with Gasteiger partial charge in [-0.3, -0.25) is 9.63 Å². The van der Waals surface area contributed by atoms with E-state index in [-0.39, 0.29) is 12.5 Å². The molecule has 1 aliphatic rings. The number of carbonyl (C=O) groups is 1. The van der Waals surface area contributed by atoms with Crippen LogP contribution in [0.5, 0.6) is 5.75 Å². The van der Waals surface area contributed by atoms with E-state index in [1.54, 1.807) is 24.3 Å². The fraction of sp³-hybridized carbons (Fsp3) is 0.364. The van der Waals surface area contributed by atoms with E-state index in [1.165, 1.54) is 5.06 Å². The van der Waals surface area contributed by atoms with Crippen LogP contribution in [0.4, 0.5) is 0 Å². The van der Waals surface area contributed by atoms with Gasteiger partial charge < -0.3 is 4.74 Å². The molecule has 0 spiro atoms. The maximum atomic E-state index is 11.5. The molecule has 4 nitrogen and oxygen atoms in total. The average molecular weight is 242 g/mol. The van der Waals surface area contributed by atoms with Crippen molar-refractivity contribution in [2.75, 3.05) is 19.8 Å². The van der Waals surface area contributed by atoms with Crippen molar-refractivity contribution in [3.63, 3.8) is 0 Å². The summed E-state index contributed by atoms with van der Waals surface area (Å²) in [5, 5.41) is 1.92. The Morgan fingerprint density at radius 1 is 1.56 bits per heavy atom. The Morgan fingerprint density at radius 3 is 3.12 bits per heavy atom. The number of carbonyl (C=O) groups excluding carboxylic acids is 1. The first kappa shape index (κ1) is 11.2. The van der Waals surface area contributed by atoms with Gasteiger partial charge in [-0.2, -0.15) is 0 Å². The minimum Gasteiger partial charge on any atom is -0.484 e. The lowest BCUT2D eigenvalue weighted by molar-refractivity contribution is -0.170. The largest absolute Gasteiger partial charge is 0.484 e. The van der Waals surface area contributed by atoms with Crippen molar-refractivity contribution in [3.8, 4) is 5.75 Å². The van der Waals surface area contributed by atoms with Gasteiger partial charge in [-0.25, -0.2) is 5.06 Å². The Hall–Kier alpha value is -1.26. The van der Waals surface area contributed by atoms with Crippen LogP contribution in [0.15, 0.2) is 24.3 Å². The van der Waals surface area contributed by atoms with Crippen LogP contribution >= 0.6 is 11.6 Å². The molecule has 0 atom stereocenters. The summed E-state index contributed by atoms with van der Waals surface area (Å²) in [6, 6.07) is 6.94. The first-order valence-corrected chi connectivity index (χ1v) is 5.45. The molecule has 1 saturated heterocycles. The topological polar surface area (TPSA) is 38.8 Å². The summed E-state index contributed by atoms with van der Waals surface area (Å²) in [5.74, 6) is 0.414. The van der Waals surface area contributed by atoms with Gasteiger partial charge in [-0.1, -0.05) is 17.7 Å². The van der Waals surface area contributed by atoms with Crippen molar-refractivity contribution in [2.45, 2.75) is 6.42 Å². The second-order valence-electron chi connectivity index (χ2n) is 3.43. The fourth-order valence-corrected chi connectivity index (χ4v) is 1.60. The highest BCUT2D eigenvalue weighted by Crippen LogP contribution is 2.17. The van der Waals surface area contributed by atoms with Crippen LogP contribution in [0.3, 0.4) is 0 Å². The van der Waals surface area contributed by atoms with E-state index in [0.29, 0.717) is 23.9 Å². The lowest BCUT2D eigenvalue weighted by Gasteiger charge is -2.14. The predicted octanol–water partition coefficient (Wildman–Crippen LogP) is 1.88. The zero-order valence-corrected chi connectivity index (χ0v) is 9.44. The molecule has 86 valence electrons. The van der Waals surface area contributed by atoms with Crippen molar-refractivity contribution >= 4 is 17.5 Å². The fourth-order valence-electron chi connectivity index (χ4n) is 1.42. The Bertz CT molecular complexity index is 377. The molecular weight excluding hydrogens is 230 g/mol. The van der Waals surface area contributed by atoms with Crippen molar-refractivity contribution in [1.82, 2.24) is 5.06 Å². The second kappa shape index (κ2) is 5.18. The van der Waals surface area contributed by atoms with Gasteiger partial charge in [0.05, 0.1) is 13.2 Å². The standard InChI is InChI=1S/C11H12ClNO3/c12-9-3-1-4-10(7-9)15-8-11(14)13-5-2-6-16-13/h1,3-4,7H,2,5-6,8H2. The SMILES string of the molecule is O=C(COc1cccc(Cl)c1)N1CCCO1. The van der Waals surface area contributed by atoms with E-state index in [1.807, 2.05) is 0 Å². The van der Waals surface area contributed by atoms with Crippen LogP contribution in [-0.4, -0.2) is 30.7 Å². The van der Waals surface area contributed by atoms with Gasteiger partial charge in [0.1, 0.15) is 5.75 Å². The van der Waals surface area contributed by atoms with E-state index in [4.69, 9.17) is 21.2 Å². The number of rotatable bonds is 3. The molecule has 0 unspecified atom stereocenters. The Labute approximate surface area is 98.7 Å². The van der Waals surface area contributed by atoms with Crippen LogP contribution in [-0.2, 0) is 9.63 Å². The number of hydrogen-bond acceptors (Lipinski definition) is 3. The number of nitrogens with zero attached hydrogens (tertiary/aromatic N) is 1. The summed E-state index contributed by atoms with van der Waals surface area (Å²) in [4.78, 5) is 16.7. The Balaban J connectivity index is 1.84. The number of ether oxygens (including phenoxy) is 1. The molecule has 0 N–H and O–H groups in total. The molecule has 0 aliphatic carbocycles. The van der Waals surface area contributed by atoms with Gasteiger partial charge in [-0.15, -0.1) is 0 Å². The zero-order valence-electron chi connectivity index (χ0n) is 8.69. The van der Waals surface area contributed by atoms with Crippen LogP contribution in [0.25, 0.3) is 0 Å². The molecule has 1 amide bonds. The smallest absolute Gasteiger partial charge is 0.283 e. The highest BCUT2D eigenvalue weighted by Gasteiger charge is 2.19. The lowest BCUT2D eigenvalue weighted by Crippen LogP contribution is -2.31. The Morgan fingerprint density at radius 2 is 2.44 bits per heavy atom. The van der Waals surface area contributed by atoms with Gasteiger partial charge in [0.25, 0.3) is 5.91 Å². The molecule has 0 aromatic heterocycles. The normalized spacial score (nSPS) is 15.2. The zero-order chi connectivity index (χ0) is 11.4. The molecular formula is C11H12ClNO3. The molecule has 0 radical (unpaired) electrons. The first-order valence-electron chi connectivity index (χ1n) is 5.07. The predicted molar refractivity (Wildman–Crippen MR) is 59.2 cm³/mol. The van der Waals surface area contributed by atoms with E-state index in [9.17, 15) is 4.79 Å². The van der Waals surface area contributed by atoms with Crippen molar-refractivity contribution < 1.29 is 14.4 Å². The van der Waals surface area contributed by atoms with Crippen LogP contribution in [0.1, 0.15) is 6.42 Å². The number of benzene rings is 1. The quantitative estimate of drug-likeness (QED) is 0.811. The number of hydrogen-bond donors (Lipinski definition) is 0. The molecule has 1 aromatic carbocycles. The van der Waals surface area contributed by atoms with Crippen LogP contribution in [0.2, 0.25) is 5.02 Å². The third-order valence-corrected chi connectivity index (χ3v) is 2.42. The maximum Gasteiger partial charge on any atom is 0.283 e. The van der Waals surface area contributed by atoms with Gasteiger partial charge >= 0.3 is 0 Å². The lowest BCUT2D eigenvalue weighted by atomic mass is 10.3. The number of amides is 1. The first-order chi connectivity index (χ1) is 7.75. The number of hydroxylamine groups is 2. The third kappa shape index (κ3) is 2.87. The summed E-state index contributed by atoms with van der Waals surface area (Å²) in [7, 11) is 0. The number of halogens is 1. The summed E-state index contributed by atoms with van der Waals surface area (Å²) in [6.45, 7) is 1.21. The van der Waals surface area contributed by atoms with Crippen LogP contribution < -0.4 is 4.74 Å². The summed E-state index contributed by atoms with van der Waals surface area (Å²) >= 11 is 5.79. The van der Waals surface area contributed by atoms with E-state index in [0.717, 1.165) is 6.42 Å². The van der Waals surface area contributed by atoms with E-state index < -0.39 is 0 Å². The molecule has 1 fully saturated rings. The summed E-state index contributed by atoms with van der Waals surface area (Å²) < 4.78 is 5.31. The monoisotopic (exact) mass is 241 g/mol. The highest BCUT2D eigenvalue weighted by molar-refractivity contribution is 6.30. The molecule has 1 aliphatic heterocycles. The summed E-state index contributed by atoms with van der Waals surface area (Å²) in [5.41, 5.74) is 0.